The van der Waals surface area contributed by atoms with E-state index in [1.54, 1.807) is 0 Å². The van der Waals surface area contributed by atoms with Crippen LogP contribution in [0.2, 0.25) is 0 Å². The van der Waals surface area contributed by atoms with Crippen LogP contribution in [0.4, 0.5) is 0 Å². The molecule has 1 aromatic carbocycles. The predicted molar refractivity (Wildman–Crippen MR) is 84.8 cm³/mol. The molecule has 0 unspecified atom stereocenters. The maximum Gasteiger partial charge on any atom is 0.251 e. The van der Waals surface area contributed by atoms with Crippen molar-refractivity contribution < 1.29 is 9.53 Å². The summed E-state index contributed by atoms with van der Waals surface area (Å²) in [5, 5.41) is 3.12. The van der Waals surface area contributed by atoms with E-state index in [1.165, 1.54) is 0 Å². The van der Waals surface area contributed by atoms with Crippen molar-refractivity contribution in [2.45, 2.75) is 38.6 Å². The number of ether oxygens (including phenoxy) is 1. The first kappa shape index (κ1) is 15.8. The molecule has 1 aliphatic heterocycles. The molecular formula is C17H26N2O2. The maximum absolute atomic E-state index is 12.2. The van der Waals surface area contributed by atoms with Crippen LogP contribution in [0.25, 0.3) is 0 Å². The summed E-state index contributed by atoms with van der Waals surface area (Å²) >= 11 is 0. The van der Waals surface area contributed by atoms with Crippen molar-refractivity contribution in [1.82, 2.24) is 10.2 Å². The fourth-order valence-corrected chi connectivity index (χ4v) is 2.46. The number of benzene rings is 1. The Morgan fingerprint density at radius 1 is 1.29 bits per heavy atom. The van der Waals surface area contributed by atoms with Crippen LogP contribution >= 0.6 is 0 Å². The highest BCUT2D eigenvalue weighted by molar-refractivity contribution is 5.94. The second kappa shape index (κ2) is 8.03. The Bertz CT molecular complexity index is 437. The van der Waals surface area contributed by atoms with Crippen LogP contribution in [-0.2, 0) is 0 Å². The summed E-state index contributed by atoms with van der Waals surface area (Å²) in [7, 11) is 2.12. The number of piperidine rings is 1. The summed E-state index contributed by atoms with van der Waals surface area (Å²) < 4.78 is 5.61. The Hall–Kier alpha value is -1.55. The van der Waals surface area contributed by atoms with Crippen molar-refractivity contribution in [1.29, 1.82) is 0 Å². The molecule has 0 radical (unpaired) electrons. The number of nitrogens with one attached hydrogen (secondary N) is 1. The second-order valence-corrected chi connectivity index (χ2v) is 5.78. The molecule has 0 atom stereocenters. The number of carbonyl (C=O) groups excluding carboxylic acids is 1. The molecule has 0 aliphatic carbocycles. The molecule has 0 spiro atoms. The van der Waals surface area contributed by atoms with E-state index in [-0.39, 0.29) is 5.91 Å². The van der Waals surface area contributed by atoms with E-state index in [1.807, 2.05) is 24.3 Å². The van der Waals surface area contributed by atoms with Gasteiger partial charge in [0.15, 0.2) is 0 Å². The van der Waals surface area contributed by atoms with Crippen LogP contribution in [0, 0.1) is 0 Å². The molecule has 1 amide bonds. The Labute approximate surface area is 127 Å². The van der Waals surface area contributed by atoms with Crippen LogP contribution < -0.4 is 10.1 Å². The molecule has 4 nitrogen and oxygen atoms in total. The standard InChI is InChI=1S/C17H26N2O2/c1-3-4-13-21-16-7-5-14(6-8-16)17(20)18-15-9-11-19(2)12-10-15/h5-8,15H,3-4,9-13H2,1-2H3,(H,18,20). The summed E-state index contributed by atoms with van der Waals surface area (Å²) in [4.78, 5) is 14.5. The molecule has 1 heterocycles. The first-order chi connectivity index (χ1) is 10.2. The van der Waals surface area contributed by atoms with Gasteiger partial charge in [0.25, 0.3) is 5.91 Å². The highest BCUT2D eigenvalue weighted by Gasteiger charge is 2.18. The average molecular weight is 290 g/mol. The first-order valence-electron chi connectivity index (χ1n) is 7.91. The van der Waals surface area contributed by atoms with Gasteiger partial charge in [-0.25, -0.2) is 0 Å². The number of rotatable bonds is 6. The number of nitrogens with zero attached hydrogens (tertiary/aromatic N) is 1. The fraction of sp³-hybridized carbons (Fsp3) is 0.588. The molecule has 0 saturated carbocycles. The van der Waals surface area contributed by atoms with Gasteiger partial charge in [0.05, 0.1) is 6.61 Å². The van der Waals surface area contributed by atoms with Crippen LogP contribution in [0.15, 0.2) is 24.3 Å². The third-order valence-electron chi connectivity index (χ3n) is 3.94. The van der Waals surface area contributed by atoms with E-state index in [9.17, 15) is 4.79 Å². The zero-order valence-electron chi connectivity index (χ0n) is 13.1. The monoisotopic (exact) mass is 290 g/mol. The van der Waals surface area contributed by atoms with Crippen molar-refractivity contribution in [2.75, 3.05) is 26.7 Å². The topological polar surface area (TPSA) is 41.6 Å². The van der Waals surface area contributed by atoms with Crippen molar-refractivity contribution in [2.24, 2.45) is 0 Å². The molecule has 2 rings (SSSR count). The van der Waals surface area contributed by atoms with Gasteiger partial charge in [-0.15, -0.1) is 0 Å². The fourth-order valence-electron chi connectivity index (χ4n) is 2.46. The summed E-state index contributed by atoms with van der Waals surface area (Å²) in [6, 6.07) is 7.73. The van der Waals surface area contributed by atoms with Crippen LogP contribution in [0.1, 0.15) is 43.0 Å². The second-order valence-electron chi connectivity index (χ2n) is 5.78. The zero-order valence-corrected chi connectivity index (χ0v) is 13.1. The molecule has 4 heteroatoms. The van der Waals surface area contributed by atoms with Gasteiger partial charge in [0, 0.05) is 11.6 Å². The number of unbranched alkanes of at least 4 members (excludes halogenated alkanes) is 1. The number of likely N-dealkylation sites (tertiary alicyclic amines) is 1. The van der Waals surface area contributed by atoms with Crippen LogP contribution in [0.3, 0.4) is 0 Å². The van der Waals surface area contributed by atoms with Crippen molar-refractivity contribution in [3.05, 3.63) is 29.8 Å². The van der Waals surface area contributed by atoms with Crippen LogP contribution in [0.5, 0.6) is 5.75 Å². The third kappa shape index (κ3) is 5.05. The molecule has 0 aromatic heterocycles. The number of hydrogen-bond donors (Lipinski definition) is 1. The van der Waals surface area contributed by atoms with E-state index < -0.39 is 0 Å². The van der Waals surface area contributed by atoms with Gasteiger partial charge in [-0.3, -0.25) is 4.79 Å². The lowest BCUT2D eigenvalue weighted by molar-refractivity contribution is 0.0917. The molecule has 116 valence electrons. The zero-order chi connectivity index (χ0) is 15.1. The maximum atomic E-state index is 12.2. The Kier molecular flexibility index (Phi) is 6.05. The summed E-state index contributed by atoms with van der Waals surface area (Å²) in [6.07, 6.45) is 4.23. The first-order valence-corrected chi connectivity index (χ1v) is 7.91. The lowest BCUT2D eigenvalue weighted by Crippen LogP contribution is -2.43. The predicted octanol–water partition coefficient (Wildman–Crippen LogP) is 2.69. The molecule has 21 heavy (non-hydrogen) atoms. The lowest BCUT2D eigenvalue weighted by Gasteiger charge is -2.29. The SMILES string of the molecule is CCCCOc1ccc(C(=O)NC2CCN(C)CC2)cc1. The van der Waals surface area contributed by atoms with Gasteiger partial charge in [-0.1, -0.05) is 13.3 Å². The minimum Gasteiger partial charge on any atom is -0.494 e. The number of amides is 1. The smallest absolute Gasteiger partial charge is 0.251 e. The number of carbonyl (C=O) groups is 1. The van der Waals surface area contributed by atoms with Crippen molar-refractivity contribution in [3.63, 3.8) is 0 Å². The van der Waals surface area contributed by atoms with Gasteiger partial charge in [0.2, 0.25) is 0 Å². The molecule has 1 saturated heterocycles. The Balaban J connectivity index is 1.82. The average Bonchev–Trinajstić information content (AvgIpc) is 2.50. The summed E-state index contributed by atoms with van der Waals surface area (Å²) in [5.41, 5.74) is 0.705. The molecular weight excluding hydrogens is 264 g/mol. The molecule has 1 fully saturated rings. The van der Waals surface area contributed by atoms with E-state index in [0.29, 0.717) is 11.6 Å². The van der Waals surface area contributed by atoms with Crippen molar-refractivity contribution >= 4 is 5.91 Å². The Morgan fingerprint density at radius 2 is 1.95 bits per heavy atom. The highest BCUT2D eigenvalue weighted by Crippen LogP contribution is 2.14. The minimum atomic E-state index is 0.0182. The van der Waals surface area contributed by atoms with Gasteiger partial charge in [0.1, 0.15) is 5.75 Å². The molecule has 0 bridgehead atoms. The largest absolute Gasteiger partial charge is 0.494 e. The van der Waals surface area contributed by atoms with E-state index in [0.717, 1.165) is 51.1 Å². The Morgan fingerprint density at radius 3 is 2.57 bits per heavy atom. The quantitative estimate of drug-likeness (QED) is 0.819. The minimum absolute atomic E-state index is 0.0182. The van der Waals surface area contributed by atoms with Crippen LogP contribution in [-0.4, -0.2) is 43.6 Å². The van der Waals surface area contributed by atoms with E-state index in [4.69, 9.17) is 4.74 Å². The van der Waals surface area contributed by atoms with Gasteiger partial charge < -0.3 is 15.0 Å². The number of hydrogen-bond acceptors (Lipinski definition) is 3. The van der Waals surface area contributed by atoms with E-state index >= 15 is 0 Å². The molecule has 1 aliphatic rings. The lowest BCUT2D eigenvalue weighted by atomic mass is 10.0. The van der Waals surface area contributed by atoms with E-state index in [2.05, 4.69) is 24.2 Å². The molecule has 1 aromatic rings. The summed E-state index contributed by atoms with van der Waals surface area (Å²) in [6.45, 7) is 4.97. The molecule has 1 N–H and O–H groups in total. The summed E-state index contributed by atoms with van der Waals surface area (Å²) in [5.74, 6) is 0.851. The van der Waals surface area contributed by atoms with Crippen molar-refractivity contribution in [3.8, 4) is 5.75 Å². The van der Waals surface area contributed by atoms with Gasteiger partial charge in [-0.2, -0.15) is 0 Å². The third-order valence-corrected chi connectivity index (χ3v) is 3.94. The normalized spacial score (nSPS) is 16.7. The van der Waals surface area contributed by atoms with Gasteiger partial charge in [-0.05, 0) is 63.7 Å². The highest BCUT2D eigenvalue weighted by atomic mass is 16.5. The van der Waals surface area contributed by atoms with Gasteiger partial charge >= 0.3 is 0 Å².